The second-order valence-electron chi connectivity index (χ2n) is 3.10. The molecule has 0 saturated carbocycles. The molecule has 0 aliphatic heterocycles. The van der Waals surface area contributed by atoms with Crippen molar-refractivity contribution in [1.82, 2.24) is 0 Å². The number of rotatable bonds is 6. The highest BCUT2D eigenvalue weighted by atomic mass is 19.4. The first-order valence-electron chi connectivity index (χ1n) is 4.66. The molecule has 0 aromatic heterocycles. The molecular formula is C9H17F3O. The fourth-order valence-electron chi connectivity index (χ4n) is 1.06. The monoisotopic (exact) mass is 198 g/mol. The predicted molar refractivity (Wildman–Crippen MR) is 45.6 cm³/mol. The van der Waals surface area contributed by atoms with Gasteiger partial charge in [-0.1, -0.05) is 20.3 Å². The van der Waals surface area contributed by atoms with Crippen molar-refractivity contribution in [2.24, 2.45) is 5.92 Å². The Balaban J connectivity index is 3.81. The molecule has 0 spiro atoms. The minimum absolute atomic E-state index is 0.160. The minimum Gasteiger partial charge on any atom is -0.381 e. The largest absolute Gasteiger partial charge is 0.394 e. The van der Waals surface area contributed by atoms with Gasteiger partial charge in [0, 0.05) is 6.61 Å². The maximum Gasteiger partial charge on any atom is 0.394 e. The number of halogens is 3. The van der Waals surface area contributed by atoms with Gasteiger partial charge in [0.2, 0.25) is 0 Å². The zero-order chi connectivity index (χ0) is 10.3. The summed E-state index contributed by atoms with van der Waals surface area (Å²) in [6.07, 6.45) is -2.65. The Kier molecular flexibility index (Phi) is 6.12. The molecule has 0 N–H and O–H groups in total. The van der Waals surface area contributed by atoms with Gasteiger partial charge in [0.15, 0.2) is 0 Å². The Morgan fingerprint density at radius 2 is 1.77 bits per heavy atom. The Morgan fingerprint density at radius 3 is 2.15 bits per heavy atom. The molecule has 0 radical (unpaired) electrons. The SMILES string of the molecule is CCCOCC(CCC)C(F)(F)F. The number of hydrogen-bond donors (Lipinski definition) is 0. The van der Waals surface area contributed by atoms with Crippen LogP contribution in [0.4, 0.5) is 13.2 Å². The highest BCUT2D eigenvalue weighted by Gasteiger charge is 2.38. The maximum absolute atomic E-state index is 12.3. The molecule has 1 atom stereocenters. The summed E-state index contributed by atoms with van der Waals surface area (Å²) in [5, 5.41) is 0. The first-order chi connectivity index (χ1) is 6.02. The molecule has 0 fully saturated rings. The van der Waals surface area contributed by atoms with E-state index in [9.17, 15) is 13.2 Å². The fourth-order valence-corrected chi connectivity index (χ4v) is 1.06. The average molecular weight is 198 g/mol. The van der Waals surface area contributed by atoms with Crippen molar-refractivity contribution in [3.63, 3.8) is 0 Å². The summed E-state index contributed by atoms with van der Waals surface area (Å²) in [6.45, 7) is 3.85. The number of ether oxygens (including phenoxy) is 1. The van der Waals surface area contributed by atoms with E-state index in [0.717, 1.165) is 6.42 Å². The molecule has 0 aliphatic rings. The lowest BCUT2D eigenvalue weighted by Crippen LogP contribution is -2.27. The van der Waals surface area contributed by atoms with E-state index in [-0.39, 0.29) is 13.0 Å². The van der Waals surface area contributed by atoms with Gasteiger partial charge in [-0.2, -0.15) is 13.2 Å². The molecule has 13 heavy (non-hydrogen) atoms. The summed E-state index contributed by atoms with van der Waals surface area (Å²) < 4.78 is 41.7. The summed E-state index contributed by atoms with van der Waals surface area (Å²) in [5.74, 6) is -1.29. The molecule has 0 saturated heterocycles. The lowest BCUT2D eigenvalue weighted by molar-refractivity contribution is -0.190. The number of hydrogen-bond acceptors (Lipinski definition) is 1. The Bertz CT molecular complexity index is 123. The van der Waals surface area contributed by atoms with Crippen molar-refractivity contribution < 1.29 is 17.9 Å². The first kappa shape index (κ1) is 12.8. The molecule has 1 unspecified atom stereocenters. The zero-order valence-corrected chi connectivity index (χ0v) is 8.16. The average Bonchev–Trinajstić information content (AvgIpc) is 2.01. The van der Waals surface area contributed by atoms with Crippen LogP contribution in [0.3, 0.4) is 0 Å². The fraction of sp³-hybridized carbons (Fsp3) is 1.00. The number of alkyl halides is 3. The second kappa shape index (κ2) is 6.24. The molecule has 0 aliphatic carbocycles. The van der Waals surface area contributed by atoms with Crippen LogP contribution in [0.25, 0.3) is 0 Å². The van der Waals surface area contributed by atoms with Crippen LogP contribution < -0.4 is 0 Å². The van der Waals surface area contributed by atoms with Gasteiger partial charge in [0.1, 0.15) is 0 Å². The van der Waals surface area contributed by atoms with Crippen LogP contribution in [-0.4, -0.2) is 19.4 Å². The summed E-state index contributed by atoms with van der Waals surface area (Å²) in [6, 6.07) is 0. The van der Waals surface area contributed by atoms with E-state index in [1.807, 2.05) is 6.92 Å². The Hall–Kier alpha value is -0.250. The Labute approximate surface area is 77.3 Å². The van der Waals surface area contributed by atoms with E-state index in [0.29, 0.717) is 13.0 Å². The van der Waals surface area contributed by atoms with Crippen molar-refractivity contribution in [2.75, 3.05) is 13.2 Å². The first-order valence-corrected chi connectivity index (χ1v) is 4.66. The molecule has 0 amide bonds. The van der Waals surface area contributed by atoms with E-state index in [2.05, 4.69) is 0 Å². The maximum atomic E-state index is 12.3. The van der Waals surface area contributed by atoms with E-state index in [4.69, 9.17) is 4.74 Å². The smallest absolute Gasteiger partial charge is 0.381 e. The van der Waals surface area contributed by atoms with Gasteiger partial charge < -0.3 is 4.74 Å². The van der Waals surface area contributed by atoms with Crippen molar-refractivity contribution in [2.45, 2.75) is 39.3 Å². The topological polar surface area (TPSA) is 9.23 Å². The van der Waals surface area contributed by atoms with Gasteiger partial charge in [-0.25, -0.2) is 0 Å². The molecule has 0 heterocycles. The van der Waals surface area contributed by atoms with E-state index < -0.39 is 12.1 Å². The van der Waals surface area contributed by atoms with Crippen molar-refractivity contribution >= 4 is 0 Å². The third-order valence-electron chi connectivity index (χ3n) is 1.77. The standard InChI is InChI=1S/C9H17F3O/c1-3-5-8(9(10,11)12)7-13-6-4-2/h8H,3-7H2,1-2H3. The van der Waals surface area contributed by atoms with E-state index in [1.54, 1.807) is 6.92 Å². The van der Waals surface area contributed by atoms with E-state index >= 15 is 0 Å². The van der Waals surface area contributed by atoms with Gasteiger partial charge >= 0.3 is 6.18 Å². The summed E-state index contributed by atoms with van der Waals surface area (Å²) >= 11 is 0. The van der Waals surface area contributed by atoms with Crippen molar-refractivity contribution in [3.8, 4) is 0 Å². The van der Waals surface area contributed by atoms with Gasteiger partial charge in [-0.05, 0) is 12.8 Å². The van der Waals surface area contributed by atoms with Crippen LogP contribution in [0.15, 0.2) is 0 Å². The van der Waals surface area contributed by atoms with E-state index in [1.165, 1.54) is 0 Å². The van der Waals surface area contributed by atoms with Crippen LogP contribution in [0.2, 0.25) is 0 Å². The third-order valence-corrected chi connectivity index (χ3v) is 1.77. The highest BCUT2D eigenvalue weighted by Crippen LogP contribution is 2.29. The van der Waals surface area contributed by atoms with Crippen molar-refractivity contribution in [3.05, 3.63) is 0 Å². The molecular weight excluding hydrogens is 181 g/mol. The van der Waals surface area contributed by atoms with Crippen LogP contribution >= 0.6 is 0 Å². The summed E-state index contributed by atoms with van der Waals surface area (Å²) in [4.78, 5) is 0. The molecule has 0 aromatic carbocycles. The zero-order valence-electron chi connectivity index (χ0n) is 8.16. The molecule has 0 bridgehead atoms. The predicted octanol–water partition coefficient (Wildman–Crippen LogP) is 3.39. The molecule has 0 aromatic rings. The summed E-state index contributed by atoms with van der Waals surface area (Å²) in [7, 11) is 0. The summed E-state index contributed by atoms with van der Waals surface area (Å²) in [5.41, 5.74) is 0. The molecule has 80 valence electrons. The molecule has 4 heteroatoms. The van der Waals surface area contributed by atoms with Crippen LogP contribution in [0.1, 0.15) is 33.1 Å². The van der Waals surface area contributed by atoms with Gasteiger partial charge in [0.05, 0.1) is 12.5 Å². The van der Waals surface area contributed by atoms with Gasteiger partial charge in [-0.15, -0.1) is 0 Å². The highest BCUT2D eigenvalue weighted by molar-refractivity contribution is 4.66. The lowest BCUT2D eigenvalue weighted by Gasteiger charge is -2.19. The molecule has 0 rings (SSSR count). The third kappa shape index (κ3) is 5.91. The minimum atomic E-state index is -4.11. The van der Waals surface area contributed by atoms with Gasteiger partial charge in [-0.3, -0.25) is 0 Å². The molecule has 1 nitrogen and oxygen atoms in total. The van der Waals surface area contributed by atoms with Crippen LogP contribution in [-0.2, 0) is 4.74 Å². The van der Waals surface area contributed by atoms with Crippen LogP contribution in [0.5, 0.6) is 0 Å². The van der Waals surface area contributed by atoms with Crippen LogP contribution in [0, 0.1) is 5.92 Å². The lowest BCUT2D eigenvalue weighted by atomic mass is 10.0. The van der Waals surface area contributed by atoms with Crippen molar-refractivity contribution in [1.29, 1.82) is 0 Å². The van der Waals surface area contributed by atoms with Gasteiger partial charge in [0.25, 0.3) is 0 Å². The second-order valence-corrected chi connectivity index (χ2v) is 3.10. The normalized spacial score (nSPS) is 14.5. The Morgan fingerprint density at radius 1 is 1.15 bits per heavy atom. The quantitative estimate of drug-likeness (QED) is 0.594.